The van der Waals surface area contributed by atoms with Crippen LogP contribution in [-0.2, 0) is 9.59 Å². The van der Waals surface area contributed by atoms with Crippen LogP contribution in [0.4, 0.5) is 0 Å². The predicted molar refractivity (Wildman–Crippen MR) is 94.2 cm³/mol. The quantitative estimate of drug-likeness (QED) is 0.331. The zero-order chi connectivity index (χ0) is 16.9. The van der Waals surface area contributed by atoms with E-state index < -0.39 is 5.97 Å². The van der Waals surface area contributed by atoms with E-state index in [0.717, 1.165) is 44.1 Å². The molecule has 1 aliphatic rings. The molecule has 0 amide bonds. The van der Waals surface area contributed by atoms with Gasteiger partial charge in [-0.25, -0.2) is 0 Å². The average Bonchev–Trinajstić information content (AvgIpc) is 2.86. The maximum Gasteiger partial charge on any atom is 0.303 e. The Hall–Kier alpha value is -1.90. The van der Waals surface area contributed by atoms with Crippen molar-refractivity contribution in [2.75, 3.05) is 0 Å². The first-order valence-corrected chi connectivity index (χ1v) is 8.59. The first-order chi connectivity index (χ1) is 11.1. The maximum atomic E-state index is 11.9. The summed E-state index contributed by atoms with van der Waals surface area (Å²) in [5, 5.41) is 8.57. The lowest BCUT2D eigenvalue weighted by molar-refractivity contribution is -0.137. The van der Waals surface area contributed by atoms with E-state index in [1.165, 1.54) is 0 Å². The van der Waals surface area contributed by atoms with Gasteiger partial charge in [0, 0.05) is 17.9 Å². The molecule has 0 spiro atoms. The Balaban J connectivity index is 2.34. The zero-order valence-electron chi connectivity index (χ0n) is 14.0. The molecule has 1 rings (SSSR count). The minimum absolute atomic E-state index is 0.137. The standard InChI is InChI=1S/C20H28O3/c1-2-3-4-5-6-10-13-18-17(15-16-19(18)21)12-9-7-8-11-14-20(22)23/h3-4,7,9,13,15-17H,2,5-6,8,10-12,14H2,1H3,(H,22,23)/b4-3-,9-7-,18-13+/t17-/m1/s1. The summed E-state index contributed by atoms with van der Waals surface area (Å²) < 4.78 is 0. The average molecular weight is 316 g/mol. The van der Waals surface area contributed by atoms with E-state index in [4.69, 9.17) is 5.11 Å². The van der Waals surface area contributed by atoms with Gasteiger partial charge in [-0.3, -0.25) is 9.59 Å². The largest absolute Gasteiger partial charge is 0.481 e. The Morgan fingerprint density at radius 3 is 2.61 bits per heavy atom. The maximum absolute atomic E-state index is 11.9. The molecule has 23 heavy (non-hydrogen) atoms. The Bertz CT molecular complexity index is 495. The van der Waals surface area contributed by atoms with E-state index in [2.05, 4.69) is 31.2 Å². The van der Waals surface area contributed by atoms with Crippen molar-refractivity contribution in [2.24, 2.45) is 5.92 Å². The summed E-state index contributed by atoms with van der Waals surface area (Å²) in [5.41, 5.74) is 0.916. The molecule has 0 saturated heterocycles. The highest BCUT2D eigenvalue weighted by Gasteiger charge is 2.21. The molecule has 0 saturated carbocycles. The molecule has 0 aliphatic heterocycles. The minimum atomic E-state index is -0.748. The van der Waals surface area contributed by atoms with Crippen LogP contribution in [0.2, 0.25) is 0 Å². The third kappa shape index (κ3) is 8.34. The Morgan fingerprint density at radius 2 is 1.87 bits per heavy atom. The molecule has 0 bridgehead atoms. The van der Waals surface area contributed by atoms with E-state index >= 15 is 0 Å². The molecule has 0 aromatic heterocycles. The molecule has 0 unspecified atom stereocenters. The van der Waals surface area contributed by atoms with Crippen molar-refractivity contribution >= 4 is 11.8 Å². The molecule has 1 N–H and O–H groups in total. The number of aliphatic carboxylic acids is 1. The first-order valence-electron chi connectivity index (χ1n) is 8.59. The molecular weight excluding hydrogens is 288 g/mol. The van der Waals surface area contributed by atoms with Gasteiger partial charge in [0.25, 0.3) is 0 Å². The number of carboxylic acid groups (broad SMARTS) is 1. The first kappa shape index (κ1) is 19.1. The third-order valence-corrected chi connectivity index (χ3v) is 3.82. The van der Waals surface area contributed by atoms with Crippen molar-refractivity contribution in [3.63, 3.8) is 0 Å². The molecule has 1 aliphatic carbocycles. The third-order valence-electron chi connectivity index (χ3n) is 3.82. The van der Waals surface area contributed by atoms with Crippen LogP contribution < -0.4 is 0 Å². The van der Waals surface area contributed by atoms with Gasteiger partial charge in [0.2, 0.25) is 0 Å². The van der Waals surface area contributed by atoms with Crippen molar-refractivity contribution in [1.82, 2.24) is 0 Å². The van der Waals surface area contributed by atoms with E-state index in [9.17, 15) is 9.59 Å². The molecule has 3 nitrogen and oxygen atoms in total. The summed E-state index contributed by atoms with van der Waals surface area (Å²) in [4.78, 5) is 22.3. The van der Waals surface area contributed by atoms with Gasteiger partial charge in [0.1, 0.15) is 0 Å². The minimum Gasteiger partial charge on any atom is -0.481 e. The molecule has 126 valence electrons. The Morgan fingerprint density at radius 1 is 1.13 bits per heavy atom. The predicted octanol–water partition coefficient (Wildman–Crippen LogP) is 5.01. The monoisotopic (exact) mass is 316 g/mol. The van der Waals surface area contributed by atoms with Crippen LogP contribution in [0.5, 0.6) is 0 Å². The van der Waals surface area contributed by atoms with Crippen molar-refractivity contribution in [1.29, 1.82) is 0 Å². The topological polar surface area (TPSA) is 54.4 Å². The summed E-state index contributed by atoms with van der Waals surface area (Å²) in [6.45, 7) is 2.13. The molecule has 0 heterocycles. The van der Waals surface area contributed by atoms with Crippen molar-refractivity contribution in [2.45, 2.75) is 58.3 Å². The van der Waals surface area contributed by atoms with Gasteiger partial charge in [-0.15, -0.1) is 0 Å². The van der Waals surface area contributed by atoms with Crippen LogP contribution in [0.25, 0.3) is 0 Å². The second kappa shape index (κ2) is 11.6. The number of unbranched alkanes of at least 4 members (excludes halogenated alkanes) is 3. The van der Waals surface area contributed by atoms with E-state index in [1.807, 2.05) is 12.2 Å². The SMILES string of the molecule is CC/C=C\CCC/C=C1/C(=O)C=C[C@H]1C/C=C\CCCC(=O)O. The van der Waals surface area contributed by atoms with E-state index in [-0.39, 0.29) is 18.1 Å². The van der Waals surface area contributed by atoms with Crippen LogP contribution in [0.3, 0.4) is 0 Å². The molecule has 0 fully saturated rings. The van der Waals surface area contributed by atoms with Gasteiger partial charge in [-0.2, -0.15) is 0 Å². The van der Waals surface area contributed by atoms with Crippen LogP contribution in [0.1, 0.15) is 58.3 Å². The van der Waals surface area contributed by atoms with Crippen molar-refractivity contribution in [3.05, 3.63) is 48.1 Å². The number of carbonyl (C=O) groups is 2. The van der Waals surface area contributed by atoms with Crippen LogP contribution in [0, 0.1) is 5.92 Å². The summed E-state index contributed by atoms with van der Waals surface area (Å²) in [6, 6.07) is 0. The van der Waals surface area contributed by atoms with Gasteiger partial charge < -0.3 is 5.11 Å². The van der Waals surface area contributed by atoms with Gasteiger partial charge in [-0.1, -0.05) is 43.4 Å². The number of hydrogen-bond donors (Lipinski definition) is 1. The lowest BCUT2D eigenvalue weighted by Gasteiger charge is -2.07. The molecule has 0 aromatic rings. The van der Waals surface area contributed by atoms with Crippen molar-refractivity contribution < 1.29 is 14.7 Å². The number of allylic oxidation sites excluding steroid dienone is 8. The zero-order valence-corrected chi connectivity index (χ0v) is 14.0. The van der Waals surface area contributed by atoms with Crippen LogP contribution >= 0.6 is 0 Å². The fourth-order valence-electron chi connectivity index (χ4n) is 2.55. The smallest absolute Gasteiger partial charge is 0.303 e. The molecule has 1 atom stereocenters. The second-order valence-electron chi connectivity index (χ2n) is 5.79. The van der Waals surface area contributed by atoms with Gasteiger partial charge in [0.15, 0.2) is 5.78 Å². The number of carboxylic acids is 1. The second-order valence-corrected chi connectivity index (χ2v) is 5.79. The summed E-state index contributed by atoms with van der Waals surface area (Å²) >= 11 is 0. The Kier molecular flexibility index (Phi) is 9.69. The van der Waals surface area contributed by atoms with Gasteiger partial charge in [0.05, 0.1) is 0 Å². The van der Waals surface area contributed by atoms with Gasteiger partial charge >= 0.3 is 5.97 Å². The van der Waals surface area contributed by atoms with Crippen molar-refractivity contribution in [3.8, 4) is 0 Å². The van der Waals surface area contributed by atoms with Gasteiger partial charge in [-0.05, 0) is 51.0 Å². The lowest BCUT2D eigenvalue weighted by Crippen LogP contribution is -2.02. The van der Waals surface area contributed by atoms with E-state index in [1.54, 1.807) is 6.08 Å². The number of carbonyl (C=O) groups excluding carboxylic acids is 1. The number of rotatable bonds is 11. The normalized spacial score (nSPS) is 19.6. The number of hydrogen-bond acceptors (Lipinski definition) is 2. The highest BCUT2D eigenvalue weighted by molar-refractivity contribution is 6.07. The molecule has 0 aromatic carbocycles. The highest BCUT2D eigenvalue weighted by atomic mass is 16.4. The fourth-order valence-corrected chi connectivity index (χ4v) is 2.55. The summed E-state index contributed by atoms with van der Waals surface area (Å²) in [6.07, 6.45) is 20.8. The number of ketones is 1. The van der Waals surface area contributed by atoms with E-state index in [0.29, 0.717) is 6.42 Å². The van der Waals surface area contributed by atoms with Crippen LogP contribution in [-0.4, -0.2) is 16.9 Å². The Labute approximate surface area is 139 Å². The lowest BCUT2D eigenvalue weighted by atomic mass is 9.96. The van der Waals surface area contributed by atoms with Crippen LogP contribution in [0.15, 0.2) is 48.1 Å². The fraction of sp³-hybridized carbons (Fsp3) is 0.500. The molecular formula is C20H28O3. The molecule has 3 heteroatoms. The molecule has 0 radical (unpaired) electrons. The summed E-state index contributed by atoms with van der Waals surface area (Å²) in [7, 11) is 0. The summed E-state index contributed by atoms with van der Waals surface area (Å²) in [5.74, 6) is -0.426. The highest BCUT2D eigenvalue weighted by Crippen LogP contribution is 2.26.